The second-order valence-electron chi connectivity index (χ2n) is 6.92. The maximum absolute atomic E-state index is 12.6. The van der Waals surface area contributed by atoms with Crippen molar-refractivity contribution in [2.45, 2.75) is 13.1 Å². The number of carbonyl (C=O) groups excluding carboxylic acids is 1. The van der Waals surface area contributed by atoms with Crippen molar-refractivity contribution in [2.24, 2.45) is 7.05 Å². The van der Waals surface area contributed by atoms with Gasteiger partial charge in [0.1, 0.15) is 5.82 Å². The number of hydrogen-bond donors (Lipinski definition) is 2. The number of imidazole rings is 1. The Morgan fingerprint density at radius 1 is 1.07 bits per heavy atom. The number of nitrogens with zero attached hydrogens (tertiary/aromatic N) is 4. The normalized spacial score (nSPS) is 12.9. The maximum atomic E-state index is 12.6. The van der Waals surface area contributed by atoms with Crippen LogP contribution in [-0.2, 0) is 20.1 Å². The summed E-state index contributed by atoms with van der Waals surface area (Å²) in [6.45, 7) is 1.66. The molecule has 3 aromatic heterocycles. The molecule has 0 unspecified atom stereocenters. The summed E-state index contributed by atoms with van der Waals surface area (Å²) in [5.41, 5.74) is 5.75. The first-order chi connectivity index (χ1) is 13.7. The Hall–Kier alpha value is -3.58. The smallest absolute Gasteiger partial charge is 0.256 e. The van der Waals surface area contributed by atoms with Gasteiger partial charge in [0.05, 0.1) is 29.9 Å². The Kier molecular flexibility index (Phi) is 3.87. The molecule has 0 saturated heterocycles. The molecule has 0 atom stereocenters. The number of pyridine rings is 2. The molecule has 0 radical (unpaired) electrons. The standard InChI is InChI=1S/C21H18N6O/c1-27-12-23-11-19(27)17-5-15-6-20(25-10-18(15)24-9-17)26-21(28)13-2-3-14-7-22-8-16(14)4-13/h2-6,9-12,22H,7-8H2,1H3,(H,25,26,28). The van der Waals surface area contributed by atoms with Crippen molar-refractivity contribution in [2.75, 3.05) is 5.32 Å². The Morgan fingerprint density at radius 3 is 2.82 bits per heavy atom. The van der Waals surface area contributed by atoms with Crippen LogP contribution < -0.4 is 10.6 Å². The van der Waals surface area contributed by atoms with Gasteiger partial charge in [-0.2, -0.15) is 0 Å². The number of anilines is 1. The highest BCUT2D eigenvalue weighted by atomic mass is 16.1. The molecular formula is C21H18N6O. The third-order valence-electron chi connectivity index (χ3n) is 5.02. The summed E-state index contributed by atoms with van der Waals surface area (Å²) in [6.07, 6.45) is 7.03. The lowest BCUT2D eigenvalue weighted by Crippen LogP contribution is -2.13. The maximum Gasteiger partial charge on any atom is 0.256 e. The zero-order valence-corrected chi connectivity index (χ0v) is 15.3. The summed E-state index contributed by atoms with van der Waals surface area (Å²) in [4.78, 5) is 25.6. The molecule has 4 aromatic rings. The van der Waals surface area contributed by atoms with E-state index in [2.05, 4.69) is 25.6 Å². The molecule has 1 aliphatic heterocycles. The van der Waals surface area contributed by atoms with E-state index in [1.165, 1.54) is 11.1 Å². The van der Waals surface area contributed by atoms with Gasteiger partial charge >= 0.3 is 0 Å². The van der Waals surface area contributed by atoms with Gasteiger partial charge in [0, 0.05) is 42.8 Å². The first kappa shape index (κ1) is 16.6. The fourth-order valence-electron chi connectivity index (χ4n) is 3.50. The van der Waals surface area contributed by atoms with E-state index in [-0.39, 0.29) is 5.91 Å². The van der Waals surface area contributed by atoms with E-state index in [4.69, 9.17) is 0 Å². The average Bonchev–Trinajstić information content (AvgIpc) is 3.35. The zero-order valence-electron chi connectivity index (χ0n) is 15.3. The predicted molar refractivity (Wildman–Crippen MR) is 107 cm³/mol. The highest BCUT2D eigenvalue weighted by molar-refractivity contribution is 6.04. The van der Waals surface area contributed by atoms with Crippen LogP contribution in [0.15, 0.2) is 55.2 Å². The van der Waals surface area contributed by atoms with Crippen LogP contribution in [0.4, 0.5) is 5.82 Å². The minimum absolute atomic E-state index is 0.169. The summed E-state index contributed by atoms with van der Waals surface area (Å²) in [6, 6.07) is 9.66. The highest BCUT2D eigenvalue weighted by Crippen LogP contribution is 2.23. The first-order valence-electron chi connectivity index (χ1n) is 9.04. The minimum Gasteiger partial charge on any atom is -0.334 e. The van der Waals surface area contributed by atoms with Crippen molar-refractivity contribution in [3.8, 4) is 11.3 Å². The number of nitrogens with one attached hydrogen (secondary N) is 2. The molecule has 1 amide bonds. The molecule has 0 spiro atoms. The first-order valence-corrected chi connectivity index (χ1v) is 9.04. The van der Waals surface area contributed by atoms with E-state index < -0.39 is 0 Å². The number of amides is 1. The third kappa shape index (κ3) is 2.91. The van der Waals surface area contributed by atoms with Gasteiger partial charge in [-0.25, -0.2) is 9.97 Å². The molecule has 1 aromatic carbocycles. The number of aryl methyl sites for hydroxylation is 1. The van der Waals surface area contributed by atoms with Crippen LogP contribution in [0.1, 0.15) is 21.5 Å². The largest absolute Gasteiger partial charge is 0.334 e. The van der Waals surface area contributed by atoms with E-state index in [0.29, 0.717) is 11.4 Å². The van der Waals surface area contributed by atoms with Crippen LogP contribution >= 0.6 is 0 Å². The van der Waals surface area contributed by atoms with Gasteiger partial charge in [0.2, 0.25) is 0 Å². The summed E-state index contributed by atoms with van der Waals surface area (Å²) in [7, 11) is 1.94. The monoisotopic (exact) mass is 370 g/mol. The van der Waals surface area contributed by atoms with E-state index >= 15 is 0 Å². The van der Waals surface area contributed by atoms with Gasteiger partial charge in [-0.15, -0.1) is 0 Å². The lowest BCUT2D eigenvalue weighted by molar-refractivity contribution is 0.102. The van der Waals surface area contributed by atoms with Gasteiger partial charge in [-0.1, -0.05) is 6.07 Å². The second-order valence-corrected chi connectivity index (χ2v) is 6.92. The Labute approximate surface area is 161 Å². The van der Waals surface area contributed by atoms with Crippen LogP contribution in [0, 0.1) is 0 Å². The molecule has 5 rings (SSSR count). The lowest BCUT2D eigenvalue weighted by atomic mass is 10.1. The molecular weight excluding hydrogens is 352 g/mol. The van der Waals surface area contributed by atoms with Crippen molar-refractivity contribution in [3.63, 3.8) is 0 Å². The number of aromatic nitrogens is 4. The van der Waals surface area contributed by atoms with E-state index in [1.54, 1.807) is 24.9 Å². The van der Waals surface area contributed by atoms with Crippen LogP contribution in [0.25, 0.3) is 22.2 Å². The molecule has 138 valence electrons. The highest BCUT2D eigenvalue weighted by Gasteiger charge is 2.14. The Bertz CT molecular complexity index is 1210. The third-order valence-corrected chi connectivity index (χ3v) is 5.02. The van der Waals surface area contributed by atoms with Gasteiger partial charge < -0.3 is 15.2 Å². The number of carbonyl (C=O) groups is 1. The van der Waals surface area contributed by atoms with E-state index in [9.17, 15) is 4.79 Å². The van der Waals surface area contributed by atoms with E-state index in [1.807, 2.05) is 41.9 Å². The van der Waals surface area contributed by atoms with Gasteiger partial charge in [-0.3, -0.25) is 9.78 Å². The quantitative estimate of drug-likeness (QED) is 0.579. The number of fused-ring (bicyclic) bond motifs is 2. The topological polar surface area (TPSA) is 84.7 Å². The molecule has 7 heteroatoms. The van der Waals surface area contributed by atoms with Gasteiger partial charge in [0.15, 0.2) is 0 Å². The van der Waals surface area contributed by atoms with Crippen LogP contribution in [0.2, 0.25) is 0 Å². The zero-order chi connectivity index (χ0) is 19.1. The van der Waals surface area contributed by atoms with Crippen LogP contribution in [-0.4, -0.2) is 25.4 Å². The van der Waals surface area contributed by atoms with E-state index in [0.717, 1.165) is 35.2 Å². The van der Waals surface area contributed by atoms with Crippen molar-refractivity contribution in [1.82, 2.24) is 24.8 Å². The van der Waals surface area contributed by atoms with Crippen LogP contribution in [0.3, 0.4) is 0 Å². The molecule has 28 heavy (non-hydrogen) atoms. The molecule has 7 nitrogen and oxygen atoms in total. The molecule has 0 aliphatic carbocycles. The second kappa shape index (κ2) is 6.54. The molecule has 4 heterocycles. The van der Waals surface area contributed by atoms with Crippen molar-refractivity contribution >= 4 is 22.6 Å². The van der Waals surface area contributed by atoms with Crippen LogP contribution in [0.5, 0.6) is 0 Å². The summed E-state index contributed by atoms with van der Waals surface area (Å²) in [5, 5.41) is 7.08. The summed E-state index contributed by atoms with van der Waals surface area (Å²) >= 11 is 0. The van der Waals surface area contributed by atoms with Crippen molar-refractivity contribution < 1.29 is 4.79 Å². The SMILES string of the molecule is Cn1cncc1-c1cnc2cnc(NC(=O)c3ccc4c(c3)CNC4)cc2c1. The molecule has 1 aliphatic rings. The number of benzene rings is 1. The summed E-state index contributed by atoms with van der Waals surface area (Å²) in [5.74, 6) is 0.331. The number of hydrogen-bond acceptors (Lipinski definition) is 5. The van der Waals surface area contributed by atoms with Crippen molar-refractivity contribution in [1.29, 1.82) is 0 Å². The summed E-state index contributed by atoms with van der Waals surface area (Å²) < 4.78 is 1.94. The van der Waals surface area contributed by atoms with Gasteiger partial charge in [-0.05, 0) is 35.4 Å². The van der Waals surface area contributed by atoms with Crippen molar-refractivity contribution in [3.05, 3.63) is 71.9 Å². The fourth-order valence-corrected chi connectivity index (χ4v) is 3.50. The van der Waals surface area contributed by atoms with Gasteiger partial charge in [0.25, 0.3) is 5.91 Å². The lowest BCUT2D eigenvalue weighted by Gasteiger charge is -2.08. The Morgan fingerprint density at radius 2 is 1.96 bits per heavy atom. The minimum atomic E-state index is -0.169. The molecule has 2 N–H and O–H groups in total. The average molecular weight is 370 g/mol. The predicted octanol–water partition coefficient (Wildman–Crippen LogP) is 2.89. The molecule has 0 fully saturated rings. The molecule has 0 bridgehead atoms. The molecule has 0 saturated carbocycles. The Balaban J connectivity index is 1.44. The number of rotatable bonds is 3. The fraction of sp³-hybridized carbons (Fsp3) is 0.143.